The lowest BCUT2D eigenvalue weighted by atomic mass is 10.1. The van der Waals surface area contributed by atoms with Gasteiger partial charge in [0.25, 0.3) is 5.91 Å². The highest BCUT2D eigenvalue weighted by Gasteiger charge is 2.29. The second-order valence-corrected chi connectivity index (χ2v) is 7.67. The Morgan fingerprint density at radius 3 is 2.30 bits per heavy atom. The zero-order valence-electron chi connectivity index (χ0n) is 16.8. The molecular formula is C22H22ClF3N2O2. The van der Waals surface area contributed by atoms with Crippen LogP contribution in [0, 0.1) is 24.4 Å². The Kier molecular flexibility index (Phi) is 6.71. The summed E-state index contributed by atoms with van der Waals surface area (Å²) in [7, 11) is 0. The molecule has 2 aromatic carbocycles. The molecule has 0 aliphatic carbocycles. The van der Waals surface area contributed by atoms with Gasteiger partial charge in [0.05, 0.1) is 16.3 Å². The molecule has 1 amide bonds. The highest BCUT2D eigenvalue weighted by molar-refractivity contribution is 6.34. The summed E-state index contributed by atoms with van der Waals surface area (Å²) >= 11 is 6.05. The van der Waals surface area contributed by atoms with Gasteiger partial charge in [-0.2, -0.15) is 0 Å². The molecule has 0 unspecified atom stereocenters. The van der Waals surface area contributed by atoms with E-state index in [4.69, 9.17) is 11.6 Å². The van der Waals surface area contributed by atoms with Gasteiger partial charge in [0.1, 0.15) is 5.82 Å². The maximum Gasteiger partial charge on any atom is 0.258 e. The van der Waals surface area contributed by atoms with E-state index in [1.807, 2.05) is 6.92 Å². The van der Waals surface area contributed by atoms with Gasteiger partial charge in [-0.1, -0.05) is 18.5 Å². The molecule has 4 nitrogen and oxygen atoms in total. The molecule has 0 atom stereocenters. The first-order valence-corrected chi connectivity index (χ1v) is 10.1. The number of hydrogen-bond acceptors (Lipinski definition) is 3. The molecule has 1 fully saturated rings. The molecule has 1 aliphatic heterocycles. The number of anilines is 1. The Hall–Kier alpha value is -2.54. The summed E-state index contributed by atoms with van der Waals surface area (Å²) in [6.07, 6.45) is 1.05. The number of Topliss-reactive ketones (excluding diaryl/α,β-unsaturated/α-hetero) is 1. The normalized spacial score (nSPS) is 14.2. The second kappa shape index (κ2) is 9.08. The van der Waals surface area contributed by atoms with E-state index in [0.717, 1.165) is 6.07 Å². The van der Waals surface area contributed by atoms with Gasteiger partial charge in [0.2, 0.25) is 0 Å². The van der Waals surface area contributed by atoms with Crippen molar-refractivity contribution >= 4 is 29.0 Å². The van der Waals surface area contributed by atoms with Crippen LogP contribution in [-0.2, 0) is 0 Å². The Labute approximate surface area is 178 Å². The van der Waals surface area contributed by atoms with Gasteiger partial charge in [-0.3, -0.25) is 9.59 Å². The Morgan fingerprint density at radius 2 is 1.70 bits per heavy atom. The van der Waals surface area contributed by atoms with Crippen molar-refractivity contribution in [2.75, 3.05) is 31.1 Å². The first-order valence-electron chi connectivity index (χ1n) is 9.75. The molecule has 1 heterocycles. The average Bonchev–Trinajstić information content (AvgIpc) is 2.72. The van der Waals surface area contributed by atoms with E-state index in [0.29, 0.717) is 37.2 Å². The highest BCUT2D eigenvalue weighted by atomic mass is 35.5. The number of piperazine rings is 1. The largest absolute Gasteiger partial charge is 0.366 e. The van der Waals surface area contributed by atoms with Crippen molar-refractivity contribution in [3.8, 4) is 0 Å². The van der Waals surface area contributed by atoms with E-state index < -0.39 is 28.9 Å². The molecule has 3 rings (SSSR count). The molecule has 160 valence electrons. The van der Waals surface area contributed by atoms with Gasteiger partial charge in [0.15, 0.2) is 17.4 Å². The van der Waals surface area contributed by atoms with E-state index in [1.165, 1.54) is 17.9 Å². The monoisotopic (exact) mass is 438 g/mol. The predicted molar refractivity (Wildman–Crippen MR) is 110 cm³/mol. The first kappa shape index (κ1) is 22.2. The van der Waals surface area contributed by atoms with Crippen LogP contribution in [0.15, 0.2) is 24.3 Å². The Bertz CT molecular complexity index is 963. The molecule has 0 spiro atoms. The summed E-state index contributed by atoms with van der Waals surface area (Å²) in [4.78, 5) is 27.8. The molecule has 0 aromatic heterocycles. The highest BCUT2D eigenvalue weighted by Crippen LogP contribution is 2.28. The number of carbonyl (C=O) groups excluding carboxylic acids is 2. The molecule has 1 saturated heterocycles. The van der Waals surface area contributed by atoms with Crippen LogP contribution in [0.25, 0.3) is 0 Å². The van der Waals surface area contributed by atoms with E-state index >= 15 is 0 Å². The number of aryl methyl sites for hydroxylation is 1. The van der Waals surface area contributed by atoms with Crippen molar-refractivity contribution < 1.29 is 22.8 Å². The summed E-state index contributed by atoms with van der Waals surface area (Å²) in [5.41, 5.74) is 0.462. The number of halogens is 4. The van der Waals surface area contributed by atoms with Crippen LogP contribution >= 0.6 is 11.6 Å². The zero-order chi connectivity index (χ0) is 22.0. The number of ketones is 1. The third kappa shape index (κ3) is 4.31. The summed E-state index contributed by atoms with van der Waals surface area (Å²) < 4.78 is 42.5. The van der Waals surface area contributed by atoms with Gasteiger partial charge in [-0.25, -0.2) is 13.2 Å². The molecular weight excluding hydrogens is 417 g/mol. The van der Waals surface area contributed by atoms with Crippen molar-refractivity contribution in [3.05, 3.63) is 63.4 Å². The number of nitrogens with zero attached hydrogens (tertiary/aromatic N) is 2. The molecule has 0 N–H and O–H groups in total. The van der Waals surface area contributed by atoms with Gasteiger partial charge in [0, 0.05) is 38.2 Å². The van der Waals surface area contributed by atoms with Crippen molar-refractivity contribution in [2.45, 2.75) is 26.7 Å². The maximum atomic E-state index is 14.6. The number of benzene rings is 2. The average molecular weight is 439 g/mol. The first-order chi connectivity index (χ1) is 14.2. The third-order valence-electron chi connectivity index (χ3n) is 5.21. The third-order valence-corrected chi connectivity index (χ3v) is 5.69. The maximum absolute atomic E-state index is 14.6. The predicted octanol–water partition coefficient (Wildman–Crippen LogP) is 5.01. The molecule has 30 heavy (non-hydrogen) atoms. The smallest absolute Gasteiger partial charge is 0.258 e. The summed E-state index contributed by atoms with van der Waals surface area (Å²) in [5.74, 6) is -3.70. The summed E-state index contributed by atoms with van der Waals surface area (Å²) in [6.45, 7) is 4.38. The number of carbonyl (C=O) groups is 2. The zero-order valence-corrected chi connectivity index (χ0v) is 17.5. The van der Waals surface area contributed by atoms with Crippen LogP contribution in [0.4, 0.5) is 18.9 Å². The minimum atomic E-state index is -1.27. The minimum absolute atomic E-state index is 0.109. The minimum Gasteiger partial charge on any atom is -0.366 e. The molecule has 0 bridgehead atoms. The second-order valence-electron chi connectivity index (χ2n) is 7.30. The van der Waals surface area contributed by atoms with Gasteiger partial charge in [-0.15, -0.1) is 0 Å². The van der Waals surface area contributed by atoms with Crippen molar-refractivity contribution in [1.29, 1.82) is 0 Å². The lowest BCUT2D eigenvalue weighted by Crippen LogP contribution is -2.49. The van der Waals surface area contributed by atoms with E-state index in [2.05, 4.69) is 0 Å². The lowest BCUT2D eigenvalue weighted by Gasteiger charge is -2.36. The fourth-order valence-electron chi connectivity index (χ4n) is 3.53. The van der Waals surface area contributed by atoms with Gasteiger partial charge in [-0.05, 0) is 43.2 Å². The van der Waals surface area contributed by atoms with Crippen LogP contribution in [0.3, 0.4) is 0 Å². The fraction of sp³-hybridized carbons (Fsp3) is 0.364. The molecule has 0 radical (unpaired) electrons. The molecule has 0 saturated carbocycles. The summed E-state index contributed by atoms with van der Waals surface area (Å²) in [6, 6.07) is 5.33. The van der Waals surface area contributed by atoms with Crippen LogP contribution in [-0.4, -0.2) is 42.8 Å². The van der Waals surface area contributed by atoms with E-state index in [-0.39, 0.29) is 29.5 Å². The molecule has 1 aliphatic rings. The van der Waals surface area contributed by atoms with Crippen molar-refractivity contribution in [1.82, 2.24) is 4.90 Å². The number of amides is 1. The lowest BCUT2D eigenvalue weighted by molar-refractivity contribution is 0.0740. The fourth-order valence-corrected chi connectivity index (χ4v) is 3.75. The van der Waals surface area contributed by atoms with E-state index in [9.17, 15) is 22.8 Å². The SMILES string of the molecule is CCCC(=O)c1ccc(N2CCN(C(=O)c3c(F)c(F)cc(C)c3Cl)CC2)c(F)c1. The van der Waals surface area contributed by atoms with Gasteiger partial charge < -0.3 is 9.80 Å². The Morgan fingerprint density at radius 1 is 1.03 bits per heavy atom. The van der Waals surface area contributed by atoms with Crippen molar-refractivity contribution in [3.63, 3.8) is 0 Å². The number of hydrogen-bond donors (Lipinski definition) is 0. The van der Waals surface area contributed by atoms with Crippen LogP contribution < -0.4 is 4.90 Å². The van der Waals surface area contributed by atoms with E-state index in [1.54, 1.807) is 17.0 Å². The quantitative estimate of drug-likeness (QED) is 0.486. The van der Waals surface area contributed by atoms with Crippen LogP contribution in [0.5, 0.6) is 0 Å². The number of rotatable bonds is 5. The molecule has 2 aromatic rings. The van der Waals surface area contributed by atoms with Crippen LogP contribution in [0.1, 0.15) is 46.0 Å². The van der Waals surface area contributed by atoms with Crippen molar-refractivity contribution in [2.24, 2.45) is 0 Å². The van der Waals surface area contributed by atoms with Crippen LogP contribution in [0.2, 0.25) is 5.02 Å². The van der Waals surface area contributed by atoms with Gasteiger partial charge >= 0.3 is 0 Å². The summed E-state index contributed by atoms with van der Waals surface area (Å²) in [5, 5.41) is -0.111. The topological polar surface area (TPSA) is 40.6 Å². The standard InChI is InChI=1S/C22H22ClF3N2O2/c1-3-4-18(29)14-5-6-17(15(24)12-14)27-7-9-28(10-8-27)22(30)19-20(23)13(2)11-16(25)21(19)26/h5-6,11-12H,3-4,7-10H2,1-2H3. The Balaban J connectivity index is 1.73. The molecule has 8 heteroatoms.